The van der Waals surface area contributed by atoms with Crippen LogP contribution in [0.2, 0.25) is 0 Å². The Morgan fingerprint density at radius 1 is 0.927 bits per heavy atom. The minimum absolute atomic E-state index is 0.115. The molecule has 0 saturated carbocycles. The molecule has 6 heteroatoms. The lowest BCUT2D eigenvalue weighted by atomic mass is 9.86. The van der Waals surface area contributed by atoms with Gasteiger partial charge in [0.15, 0.2) is 0 Å². The van der Waals surface area contributed by atoms with E-state index in [0.717, 1.165) is 27.8 Å². The molecule has 0 fully saturated rings. The average molecular weight is 548 g/mol. The fourth-order valence-corrected chi connectivity index (χ4v) is 5.25. The highest BCUT2D eigenvalue weighted by Gasteiger charge is 2.40. The van der Waals surface area contributed by atoms with Gasteiger partial charge in [-0.25, -0.2) is 9.18 Å². The minimum Gasteiger partial charge on any atom is -0.480 e. The number of benzene rings is 4. The predicted molar refractivity (Wildman–Crippen MR) is 155 cm³/mol. The molecule has 1 aliphatic heterocycles. The number of esters is 1. The second-order valence-electron chi connectivity index (χ2n) is 9.91. The molecule has 4 aromatic carbocycles. The zero-order chi connectivity index (χ0) is 28.8. The van der Waals surface area contributed by atoms with Crippen molar-refractivity contribution in [2.75, 3.05) is 13.7 Å². The normalized spacial score (nSPS) is 14.0. The van der Waals surface area contributed by atoms with Crippen molar-refractivity contribution in [1.29, 1.82) is 0 Å². The van der Waals surface area contributed by atoms with Crippen molar-refractivity contribution in [3.63, 3.8) is 0 Å². The van der Waals surface area contributed by atoms with E-state index in [9.17, 15) is 14.0 Å². The monoisotopic (exact) mass is 547 g/mol. The van der Waals surface area contributed by atoms with E-state index >= 15 is 0 Å². The number of carbonyl (C=O) groups excluding carboxylic acids is 2. The Bertz CT molecular complexity index is 1550. The molecule has 1 aliphatic rings. The number of fused-ring (bicyclic) bond motifs is 1. The van der Waals surface area contributed by atoms with Crippen molar-refractivity contribution in [2.24, 2.45) is 0 Å². The summed E-state index contributed by atoms with van der Waals surface area (Å²) >= 11 is 0. The molecular weight excluding hydrogens is 517 g/mol. The molecule has 0 N–H and O–H groups in total. The second-order valence-corrected chi connectivity index (χ2v) is 9.91. The third-order valence-electron chi connectivity index (χ3n) is 7.30. The van der Waals surface area contributed by atoms with Crippen molar-refractivity contribution in [3.8, 4) is 17.6 Å². The van der Waals surface area contributed by atoms with Crippen molar-refractivity contribution in [1.82, 2.24) is 4.90 Å². The molecule has 5 nitrogen and oxygen atoms in total. The van der Waals surface area contributed by atoms with Crippen molar-refractivity contribution < 1.29 is 23.5 Å². The number of halogens is 1. The summed E-state index contributed by atoms with van der Waals surface area (Å²) in [6.45, 7) is 2.29. The van der Waals surface area contributed by atoms with Gasteiger partial charge in [0.25, 0.3) is 0 Å². The first-order valence-electron chi connectivity index (χ1n) is 13.4. The molecule has 0 aromatic heterocycles. The van der Waals surface area contributed by atoms with Gasteiger partial charge in [-0.05, 0) is 53.4 Å². The molecule has 1 atom stereocenters. The van der Waals surface area contributed by atoms with Crippen LogP contribution in [0.3, 0.4) is 0 Å². The van der Waals surface area contributed by atoms with Crippen molar-refractivity contribution >= 4 is 11.9 Å². The average Bonchev–Trinajstić information content (AvgIpc) is 3.01. The molecule has 0 bridgehead atoms. The van der Waals surface area contributed by atoms with Crippen LogP contribution in [0.25, 0.3) is 0 Å². The van der Waals surface area contributed by atoms with E-state index in [4.69, 9.17) is 9.47 Å². The summed E-state index contributed by atoms with van der Waals surface area (Å²) in [6, 6.07) is 28.3. The van der Waals surface area contributed by atoms with Gasteiger partial charge in [0, 0.05) is 24.1 Å². The number of hydrogen-bond acceptors (Lipinski definition) is 4. The van der Waals surface area contributed by atoms with E-state index < -0.39 is 17.9 Å². The lowest BCUT2D eigenvalue weighted by molar-refractivity contribution is -0.154. The summed E-state index contributed by atoms with van der Waals surface area (Å²) in [5, 5.41) is 0. The second kappa shape index (κ2) is 12.5. The minimum atomic E-state index is -0.815. The summed E-state index contributed by atoms with van der Waals surface area (Å²) < 4.78 is 24.5. The maximum absolute atomic E-state index is 14.3. The molecule has 0 spiro atoms. The van der Waals surface area contributed by atoms with Gasteiger partial charge in [0.2, 0.25) is 5.91 Å². The summed E-state index contributed by atoms with van der Waals surface area (Å²) in [5.41, 5.74) is 5.07. The molecule has 0 saturated heterocycles. The first-order chi connectivity index (χ1) is 20.0. The van der Waals surface area contributed by atoms with Gasteiger partial charge in [-0.2, -0.15) is 0 Å². The molecule has 0 aliphatic carbocycles. The highest BCUT2D eigenvalue weighted by Crippen LogP contribution is 2.36. The number of carbonyl (C=O) groups is 2. The van der Waals surface area contributed by atoms with Crippen LogP contribution in [0.1, 0.15) is 39.3 Å². The van der Waals surface area contributed by atoms with E-state index in [2.05, 4.69) is 11.8 Å². The number of aryl methyl sites for hydroxylation is 1. The van der Waals surface area contributed by atoms with E-state index in [0.29, 0.717) is 11.3 Å². The Morgan fingerprint density at radius 2 is 1.56 bits per heavy atom. The molecule has 1 heterocycles. The van der Waals surface area contributed by atoms with Gasteiger partial charge in [-0.3, -0.25) is 4.79 Å². The first kappa shape index (κ1) is 27.7. The molecule has 41 heavy (non-hydrogen) atoms. The Kier molecular flexibility index (Phi) is 8.45. The smallest absolute Gasteiger partial charge is 0.328 e. The van der Waals surface area contributed by atoms with Gasteiger partial charge in [0.1, 0.15) is 24.2 Å². The maximum Gasteiger partial charge on any atom is 0.328 e. The molecule has 4 aromatic rings. The van der Waals surface area contributed by atoms with E-state index in [1.807, 2.05) is 79.7 Å². The van der Waals surface area contributed by atoms with Crippen molar-refractivity contribution in [3.05, 3.63) is 136 Å². The molecule has 0 radical (unpaired) electrons. The molecule has 1 amide bonds. The van der Waals surface area contributed by atoms with Gasteiger partial charge in [0.05, 0.1) is 13.0 Å². The summed E-state index contributed by atoms with van der Waals surface area (Å²) in [7, 11) is 1.34. The van der Waals surface area contributed by atoms with Crippen LogP contribution in [-0.2, 0) is 27.3 Å². The Labute approximate surface area is 239 Å². The topological polar surface area (TPSA) is 55.8 Å². The van der Waals surface area contributed by atoms with Crippen LogP contribution in [0.5, 0.6) is 5.75 Å². The maximum atomic E-state index is 14.3. The van der Waals surface area contributed by atoms with Crippen LogP contribution < -0.4 is 4.74 Å². The third kappa shape index (κ3) is 6.15. The fourth-order valence-electron chi connectivity index (χ4n) is 5.25. The molecule has 0 unspecified atom stereocenters. The van der Waals surface area contributed by atoms with Gasteiger partial charge in [-0.1, -0.05) is 84.6 Å². The number of methoxy groups -OCH3 is 1. The van der Waals surface area contributed by atoms with Crippen LogP contribution in [0.15, 0.2) is 97.1 Å². The lowest BCUT2D eigenvalue weighted by Crippen LogP contribution is -2.50. The Balaban J connectivity index is 1.46. The standard InChI is InChI=1S/C35H30FNO4/c1-24-15-18-28-23-37(34(38)32(26-11-5-3-6-12-26)27-13-7-4-8-14-27)31(35(39)40-2)22-30(28)33(24)41-21-9-10-25-16-19-29(36)20-17-25/h3-8,11-20,31-32H,21-23H2,1-2H3/t31-/m0/s1. The molecular formula is C35H30FNO4. The van der Waals surface area contributed by atoms with Crippen molar-refractivity contribution in [2.45, 2.75) is 31.8 Å². The third-order valence-corrected chi connectivity index (χ3v) is 7.30. The van der Waals surface area contributed by atoms with Gasteiger partial charge < -0.3 is 14.4 Å². The highest BCUT2D eigenvalue weighted by atomic mass is 19.1. The number of hydrogen-bond donors (Lipinski definition) is 0. The van der Waals surface area contributed by atoms with Crippen LogP contribution in [-0.4, -0.2) is 36.5 Å². The Morgan fingerprint density at radius 3 is 2.17 bits per heavy atom. The molecule has 5 rings (SSSR count). The zero-order valence-corrected chi connectivity index (χ0v) is 23.0. The van der Waals surface area contributed by atoms with Crippen LogP contribution >= 0.6 is 0 Å². The van der Waals surface area contributed by atoms with E-state index in [1.165, 1.54) is 19.2 Å². The van der Waals surface area contributed by atoms with E-state index in [-0.39, 0.29) is 31.3 Å². The van der Waals surface area contributed by atoms with E-state index in [1.54, 1.807) is 17.0 Å². The van der Waals surface area contributed by atoms with Crippen LogP contribution in [0.4, 0.5) is 4.39 Å². The number of rotatable bonds is 6. The van der Waals surface area contributed by atoms with Gasteiger partial charge in [-0.15, -0.1) is 0 Å². The largest absolute Gasteiger partial charge is 0.480 e. The fraction of sp³-hybridized carbons (Fsp3) is 0.200. The van der Waals surface area contributed by atoms with Gasteiger partial charge >= 0.3 is 5.97 Å². The SMILES string of the molecule is COC(=O)[C@@H]1Cc2c(ccc(C)c2OCC#Cc2ccc(F)cc2)CN1C(=O)C(c1ccccc1)c1ccccc1. The zero-order valence-electron chi connectivity index (χ0n) is 23.0. The predicted octanol–water partition coefficient (Wildman–Crippen LogP) is 5.82. The van der Waals surface area contributed by atoms with Crippen LogP contribution in [0, 0.1) is 24.6 Å². The number of amides is 1. The number of nitrogens with zero attached hydrogens (tertiary/aromatic N) is 1. The molecule has 206 valence electrons. The Hall–Kier alpha value is -4.89. The summed E-state index contributed by atoms with van der Waals surface area (Å²) in [4.78, 5) is 29.1. The quantitative estimate of drug-likeness (QED) is 0.225. The summed E-state index contributed by atoms with van der Waals surface area (Å²) in [5.74, 6) is 5.06. The number of ether oxygens (including phenoxy) is 2. The summed E-state index contributed by atoms with van der Waals surface area (Å²) in [6.07, 6.45) is 0.256. The lowest BCUT2D eigenvalue weighted by Gasteiger charge is -2.38. The first-order valence-corrected chi connectivity index (χ1v) is 13.4. The highest BCUT2D eigenvalue weighted by molar-refractivity contribution is 5.91.